The number of fused-ring (bicyclic) bond motifs is 2. The number of hydrogen-bond donors (Lipinski definition) is 0. The Morgan fingerprint density at radius 3 is 2.71 bits per heavy atom. The van der Waals surface area contributed by atoms with Gasteiger partial charge in [0.25, 0.3) is 0 Å². The molecule has 0 aliphatic carbocycles. The van der Waals surface area contributed by atoms with E-state index < -0.39 is 0 Å². The molecule has 1 aromatic heterocycles. The summed E-state index contributed by atoms with van der Waals surface area (Å²) < 4.78 is 16.3. The molecule has 1 aliphatic heterocycles. The van der Waals surface area contributed by atoms with E-state index in [1.54, 1.807) is 6.07 Å². The van der Waals surface area contributed by atoms with Crippen LogP contribution in [-0.4, -0.2) is 0 Å². The molecule has 2 heterocycles. The predicted octanol–water partition coefficient (Wildman–Crippen LogP) is 3.49. The van der Waals surface area contributed by atoms with Crippen LogP contribution < -0.4 is 4.57 Å². The number of pyridine rings is 1. The zero-order chi connectivity index (χ0) is 13.9. The van der Waals surface area contributed by atoms with Gasteiger partial charge in [0.2, 0.25) is 0 Å². The summed E-state index contributed by atoms with van der Waals surface area (Å²) in [5.41, 5.74) is 3.28. The zero-order valence-electron chi connectivity index (χ0n) is 11.7. The maximum absolute atomic E-state index is 14.4. The maximum Gasteiger partial charge on any atom is 0.150 e. The molecular weight excluding hydrogens is 441 g/mol. The summed E-state index contributed by atoms with van der Waals surface area (Å²) in [5, 5.41) is 1.14. The Labute approximate surface area is 136 Å². The molecule has 21 heavy (non-hydrogen) atoms. The zero-order valence-corrected chi connectivity index (χ0v) is 14.1. The van der Waals surface area contributed by atoms with Crippen LogP contribution in [0.25, 0.3) is 16.6 Å². The van der Waals surface area contributed by atoms with E-state index in [2.05, 4.69) is 38.2 Å². The quantitative estimate of drug-likeness (QED) is 0.362. The first-order chi connectivity index (χ1) is 9.60. The summed E-state index contributed by atoms with van der Waals surface area (Å²) in [6, 6.07) is 16.4. The molecule has 3 heteroatoms. The van der Waals surface area contributed by atoms with Gasteiger partial charge in [0, 0.05) is 31.6 Å². The summed E-state index contributed by atoms with van der Waals surface area (Å²) >= 11 is 0. The van der Waals surface area contributed by atoms with Crippen molar-refractivity contribution in [3.05, 3.63) is 71.7 Å². The second-order valence-electron chi connectivity index (χ2n) is 5.72. The first-order valence-corrected chi connectivity index (χ1v) is 6.68. The van der Waals surface area contributed by atoms with Gasteiger partial charge in [-0.15, -0.1) is 12.1 Å². The van der Waals surface area contributed by atoms with Crippen molar-refractivity contribution in [3.8, 4) is 5.69 Å². The first-order valence-electron chi connectivity index (χ1n) is 6.68. The Bertz CT molecular complexity index is 850. The molecule has 0 amide bonds. The van der Waals surface area contributed by atoms with Crippen molar-refractivity contribution >= 4 is 10.9 Å². The van der Waals surface area contributed by atoms with Crippen molar-refractivity contribution in [3.63, 3.8) is 0 Å². The second kappa shape index (κ2) is 4.72. The Morgan fingerprint density at radius 2 is 1.90 bits per heavy atom. The summed E-state index contributed by atoms with van der Waals surface area (Å²) in [5.74, 6) is -0.184. The van der Waals surface area contributed by atoms with Crippen molar-refractivity contribution in [2.24, 2.45) is 0 Å². The van der Waals surface area contributed by atoms with Crippen LogP contribution in [0.5, 0.6) is 0 Å². The van der Waals surface area contributed by atoms with Crippen LogP contribution >= 0.6 is 0 Å². The number of halogens is 1. The molecular formula is C18H13FIrN-. The average molecular weight is 455 g/mol. The Morgan fingerprint density at radius 1 is 1.10 bits per heavy atom. The molecule has 1 radical (unpaired) electrons. The van der Waals surface area contributed by atoms with E-state index in [4.69, 9.17) is 0 Å². The van der Waals surface area contributed by atoms with Gasteiger partial charge in [-0.25, -0.2) is 4.39 Å². The van der Waals surface area contributed by atoms with E-state index in [9.17, 15) is 4.39 Å². The van der Waals surface area contributed by atoms with Crippen LogP contribution in [0.15, 0.2) is 42.5 Å². The van der Waals surface area contributed by atoms with Crippen molar-refractivity contribution in [2.45, 2.75) is 19.3 Å². The van der Waals surface area contributed by atoms with Gasteiger partial charge in [0.05, 0.1) is 0 Å². The smallest absolute Gasteiger partial charge is 0.150 e. The van der Waals surface area contributed by atoms with E-state index >= 15 is 0 Å². The van der Waals surface area contributed by atoms with E-state index in [1.165, 1.54) is 6.07 Å². The Hall–Kier alpha value is -1.57. The number of nitrogens with zero attached hydrogens (tertiary/aromatic N) is 1. The number of benzene rings is 2. The standard InChI is InChI=1S/C18H13FN.Ir/c1-18(2)13-8-3-6-12-7-5-11-20(17(12)13)15-10-4-9-14(19)16(15)18;/h3-9H,1-2H3;/q-1;. The fraction of sp³-hybridized carbons (Fsp3) is 0.167. The maximum atomic E-state index is 14.4. The summed E-state index contributed by atoms with van der Waals surface area (Å²) in [6.45, 7) is 4.13. The van der Waals surface area contributed by atoms with Crippen LogP contribution in [0.1, 0.15) is 25.0 Å². The summed E-state index contributed by atoms with van der Waals surface area (Å²) in [4.78, 5) is 0. The fourth-order valence-corrected chi connectivity index (χ4v) is 3.26. The molecule has 0 spiro atoms. The van der Waals surface area contributed by atoms with Crippen LogP contribution in [0.2, 0.25) is 0 Å². The van der Waals surface area contributed by atoms with E-state index in [0.717, 1.165) is 22.2 Å². The topological polar surface area (TPSA) is 3.88 Å². The summed E-state index contributed by atoms with van der Waals surface area (Å²) in [7, 11) is 0. The van der Waals surface area contributed by atoms with Crippen LogP contribution in [-0.2, 0) is 25.5 Å². The molecule has 3 aromatic rings. The number of para-hydroxylation sites is 1. The fourth-order valence-electron chi connectivity index (χ4n) is 3.26. The summed E-state index contributed by atoms with van der Waals surface area (Å²) in [6.07, 6.45) is 3.19. The number of hydrogen-bond acceptors (Lipinski definition) is 0. The van der Waals surface area contributed by atoms with Crippen molar-refractivity contribution < 1.29 is 29.1 Å². The second-order valence-corrected chi connectivity index (χ2v) is 5.72. The molecule has 2 aromatic carbocycles. The van der Waals surface area contributed by atoms with Gasteiger partial charge in [-0.05, 0) is 16.4 Å². The SMILES string of the molecule is CC1(C)c2c([c-]ccc2F)-[n+]2[c-]ccc3cccc1c32.[Ir]. The van der Waals surface area contributed by atoms with Gasteiger partial charge in [-0.3, -0.25) is 4.57 Å². The van der Waals surface area contributed by atoms with Crippen LogP contribution in [0.4, 0.5) is 4.39 Å². The van der Waals surface area contributed by atoms with E-state index in [0.29, 0.717) is 5.56 Å². The van der Waals surface area contributed by atoms with Gasteiger partial charge in [0.15, 0.2) is 6.20 Å². The minimum Gasteiger partial charge on any atom is -0.300 e. The van der Waals surface area contributed by atoms with E-state index in [1.807, 2.05) is 22.8 Å². The van der Waals surface area contributed by atoms with Crippen molar-refractivity contribution in [2.75, 3.05) is 0 Å². The molecule has 0 bridgehead atoms. The van der Waals surface area contributed by atoms with Gasteiger partial charge in [-0.2, -0.15) is 12.1 Å². The largest absolute Gasteiger partial charge is 0.300 e. The van der Waals surface area contributed by atoms with Crippen molar-refractivity contribution in [1.82, 2.24) is 0 Å². The average Bonchev–Trinajstić information content (AvgIpc) is 2.44. The molecule has 0 atom stereocenters. The van der Waals surface area contributed by atoms with Crippen LogP contribution in [0, 0.1) is 18.1 Å². The molecule has 107 valence electrons. The molecule has 0 fully saturated rings. The molecule has 0 unspecified atom stereocenters. The number of rotatable bonds is 0. The van der Waals surface area contributed by atoms with Gasteiger partial charge < -0.3 is 0 Å². The molecule has 0 saturated carbocycles. The minimum atomic E-state index is -0.383. The number of aromatic nitrogens is 1. The molecule has 0 N–H and O–H groups in total. The Kier molecular flexibility index (Phi) is 3.23. The third-order valence-corrected chi connectivity index (χ3v) is 4.20. The van der Waals surface area contributed by atoms with Crippen LogP contribution in [0.3, 0.4) is 0 Å². The normalized spacial score (nSPS) is 14.4. The molecule has 0 saturated heterocycles. The Balaban J connectivity index is 0.00000132. The van der Waals surface area contributed by atoms with Gasteiger partial charge in [0.1, 0.15) is 5.52 Å². The van der Waals surface area contributed by atoms with Gasteiger partial charge >= 0.3 is 0 Å². The first kappa shape index (κ1) is 14.4. The monoisotopic (exact) mass is 455 g/mol. The van der Waals surface area contributed by atoms with Gasteiger partial charge in [-0.1, -0.05) is 43.7 Å². The molecule has 4 rings (SSSR count). The molecule has 1 nitrogen and oxygen atoms in total. The minimum absolute atomic E-state index is 0. The van der Waals surface area contributed by atoms with Crippen molar-refractivity contribution in [1.29, 1.82) is 0 Å². The third kappa shape index (κ3) is 1.81. The third-order valence-electron chi connectivity index (χ3n) is 4.20. The molecule has 1 aliphatic rings. The predicted molar refractivity (Wildman–Crippen MR) is 75.2 cm³/mol. The van der Waals surface area contributed by atoms with E-state index in [-0.39, 0.29) is 31.3 Å².